The fraction of sp³-hybridized carbons (Fsp3) is 0.710. The molecular weight excluding hydrogens is 1170 g/mol. The summed E-state index contributed by atoms with van der Waals surface area (Å²) < 4.78 is 0. The molecule has 6 atom stereocenters. The molecule has 0 aromatic heterocycles. The Bertz CT molecular complexity index is 2080. The average Bonchev–Trinajstić information content (AvgIpc) is 4.39. The molecule has 0 fully saturated rings. The Kier molecular flexibility index (Phi) is 56.4. The second-order valence-electron chi connectivity index (χ2n) is 20.4. The van der Waals surface area contributed by atoms with Crippen LogP contribution in [0.25, 0.3) is 0 Å². The molecule has 0 aromatic carbocycles. The summed E-state index contributed by atoms with van der Waals surface area (Å²) in [5.41, 5.74) is 0. The number of likely N-dealkylation sites (N-methyl/N-ethyl adjacent to an activating group) is 4. The van der Waals surface area contributed by atoms with Crippen molar-refractivity contribution in [3.8, 4) is 0 Å². The standard InChI is InChI=1S/C17H27N3O4.C17H29N3O3.2C10H23N2OP.C7H7NO4.CH4/c1-3-14(21)13(18-4-2)7-5-6-11-19-15(22)10-12-20-16(23)8-9-17(20)24;1-3-15(21)14(19-4-2)8-5-6-11-18-12-7-13-20-16(22)9-10-17(20)23;2*1-3-10(13)9(11-4-2)7-5-6-8-12-14;9-5-1-2-6(10)8(5)4-3-7(11)12;/h8-9,13,18H,3-7,10-12H2,1-2H3,(H,19,22);9-10,14,18-19H,3-8,11-13H2,1-2H3;2*9,11-12H,3-8,14H2,1-2H3;1-2H,3-4H2,(H,11,12);1H4. The molecule has 7 amide bonds. The third kappa shape index (κ3) is 41.9. The predicted octanol–water partition coefficient (Wildman–Crippen LogP) is 4.57. The normalized spacial score (nSPS) is 14.4. The van der Waals surface area contributed by atoms with Crippen LogP contribution in [0.2, 0.25) is 0 Å². The summed E-state index contributed by atoms with van der Waals surface area (Å²) in [6.07, 6.45) is 22.0. The monoisotopic (exact) mass is 1280 g/mol. The van der Waals surface area contributed by atoms with Crippen molar-refractivity contribution < 1.29 is 62.6 Å². The second kappa shape index (κ2) is 57.0. The Morgan fingerprint density at radius 1 is 0.398 bits per heavy atom. The van der Waals surface area contributed by atoms with E-state index in [0.29, 0.717) is 50.3 Å². The van der Waals surface area contributed by atoms with Gasteiger partial charge in [0.15, 0.2) is 0 Å². The smallest absolute Gasteiger partial charge is 0.305 e. The molecule has 0 saturated carbocycles. The number of imide groups is 3. The Morgan fingerprint density at radius 2 is 0.670 bits per heavy atom. The van der Waals surface area contributed by atoms with Gasteiger partial charge in [0.1, 0.15) is 23.1 Å². The van der Waals surface area contributed by atoms with Gasteiger partial charge in [-0.15, -0.1) is 0 Å². The molecule has 26 heteroatoms. The first-order valence-corrected chi connectivity index (χ1v) is 32.6. The zero-order chi connectivity index (χ0) is 65.8. The number of hydrogen-bond donors (Lipinski definition) is 9. The van der Waals surface area contributed by atoms with Crippen molar-refractivity contribution >= 4 is 89.2 Å². The molecule has 6 unspecified atom stereocenters. The predicted molar refractivity (Wildman–Crippen MR) is 354 cm³/mol. The van der Waals surface area contributed by atoms with Crippen LogP contribution in [-0.4, -0.2) is 193 Å². The van der Waals surface area contributed by atoms with Crippen molar-refractivity contribution in [3.63, 3.8) is 0 Å². The maximum atomic E-state index is 11.7. The molecule has 88 heavy (non-hydrogen) atoms. The van der Waals surface area contributed by atoms with E-state index >= 15 is 0 Å². The zero-order valence-corrected chi connectivity index (χ0v) is 55.8. The first-order valence-electron chi connectivity index (χ1n) is 31.4. The fourth-order valence-electron chi connectivity index (χ4n) is 8.88. The van der Waals surface area contributed by atoms with Crippen molar-refractivity contribution in [2.75, 3.05) is 78.5 Å². The van der Waals surface area contributed by atoms with Gasteiger partial charge in [-0.25, -0.2) is 0 Å². The highest BCUT2D eigenvalue weighted by Crippen LogP contribution is 2.10. The van der Waals surface area contributed by atoms with Gasteiger partial charge in [-0.1, -0.05) is 101 Å². The third-order valence-corrected chi connectivity index (χ3v) is 14.3. The van der Waals surface area contributed by atoms with Gasteiger partial charge in [0.05, 0.1) is 30.6 Å². The number of carbonyl (C=O) groups excluding carboxylic acids is 11. The molecule has 0 aliphatic carbocycles. The minimum Gasteiger partial charge on any atom is -0.481 e. The van der Waals surface area contributed by atoms with Gasteiger partial charge in [-0.3, -0.25) is 72.2 Å². The van der Waals surface area contributed by atoms with Gasteiger partial charge in [0.25, 0.3) is 35.4 Å². The minimum absolute atomic E-state index is 0. The second-order valence-corrected chi connectivity index (χ2v) is 21.3. The molecule has 9 N–H and O–H groups in total. The van der Waals surface area contributed by atoms with Crippen molar-refractivity contribution in [3.05, 3.63) is 36.5 Å². The maximum absolute atomic E-state index is 11.7. The number of carboxylic acid groups (broad SMARTS) is 1. The van der Waals surface area contributed by atoms with E-state index in [0.717, 1.165) is 158 Å². The van der Waals surface area contributed by atoms with Gasteiger partial charge in [-0.05, 0) is 117 Å². The van der Waals surface area contributed by atoms with Crippen LogP contribution in [0.5, 0.6) is 0 Å². The molecule has 24 nitrogen and oxygen atoms in total. The lowest BCUT2D eigenvalue weighted by atomic mass is 10.0. The van der Waals surface area contributed by atoms with Crippen molar-refractivity contribution in [1.29, 1.82) is 0 Å². The quantitative estimate of drug-likeness (QED) is 0.0229. The number of rotatable bonds is 46. The van der Waals surface area contributed by atoms with E-state index < -0.39 is 17.8 Å². The highest BCUT2D eigenvalue weighted by Gasteiger charge is 2.26. The van der Waals surface area contributed by atoms with Crippen LogP contribution >= 0.6 is 18.8 Å². The SMILES string of the molecule is C.CCNC(CCCCNC(=O)CCN1C(=O)C=CC1=O)C(=O)CC.CCNC(CCCCNCCCN1C(=O)C=CC1=O)C(=O)CC.CCNC(CCCCNP)C(=O)CC.CCNC(CCCCNP)C(=O)CC.O=C(O)CCN1C(=O)C=CC1=O. The van der Waals surface area contributed by atoms with Gasteiger partial charge in [0.2, 0.25) is 5.91 Å². The van der Waals surface area contributed by atoms with Crippen molar-refractivity contribution in [2.24, 2.45) is 0 Å². The molecule has 0 saturated heterocycles. The van der Waals surface area contributed by atoms with E-state index in [2.05, 4.69) is 60.9 Å². The van der Waals surface area contributed by atoms with Crippen LogP contribution in [0.3, 0.4) is 0 Å². The number of Topliss-reactive ketones (excluding diaryl/α,β-unsaturated/α-hetero) is 4. The molecule has 3 rings (SSSR count). The number of hydrogen-bond acceptors (Lipinski definition) is 19. The Morgan fingerprint density at radius 3 is 0.955 bits per heavy atom. The molecule has 0 aromatic rings. The number of carboxylic acids is 1. The lowest BCUT2D eigenvalue weighted by molar-refractivity contribution is -0.141. The van der Waals surface area contributed by atoms with Crippen LogP contribution in [0, 0.1) is 0 Å². The van der Waals surface area contributed by atoms with Gasteiger partial charge in [0, 0.05) is 94.7 Å². The molecule has 3 aliphatic heterocycles. The van der Waals surface area contributed by atoms with E-state index in [1.54, 1.807) is 0 Å². The number of amides is 7. The number of carbonyl (C=O) groups is 12. The highest BCUT2D eigenvalue weighted by molar-refractivity contribution is 7.13. The first kappa shape index (κ1) is 87.0. The lowest BCUT2D eigenvalue weighted by Gasteiger charge is -2.16. The molecular formula is C62H113N11O13P2. The Labute approximate surface area is 530 Å². The summed E-state index contributed by atoms with van der Waals surface area (Å²) in [5.74, 6) is -2.10. The summed E-state index contributed by atoms with van der Waals surface area (Å²) in [5, 5.41) is 33.3. The van der Waals surface area contributed by atoms with Crippen LogP contribution in [0.4, 0.5) is 0 Å². The summed E-state index contributed by atoms with van der Waals surface area (Å²) >= 11 is 0. The Balaban J connectivity index is -0.00000105. The van der Waals surface area contributed by atoms with Crippen molar-refractivity contribution in [2.45, 2.75) is 209 Å². The lowest BCUT2D eigenvalue weighted by Crippen LogP contribution is -2.36. The van der Waals surface area contributed by atoms with E-state index in [1.165, 1.54) is 29.2 Å². The summed E-state index contributed by atoms with van der Waals surface area (Å²) in [6, 6.07) is 0.0455. The first-order chi connectivity index (χ1) is 41.7. The number of nitrogens with zero attached hydrogens (tertiary/aromatic N) is 3. The maximum Gasteiger partial charge on any atom is 0.305 e. The van der Waals surface area contributed by atoms with Crippen LogP contribution in [0.1, 0.15) is 185 Å². The van der Waals surface area contributed by atoms with Crippen LogP contribution < -0.4 is 42.1 Å². The topological polar surface area (TPSA) is 331 Å². The van der Waals surface area contributed by atoms with Crippen molar-refractivity contribution in [1.82, 2.24) is 56.8 Å². The molecule has 0 spiro atoms. The van der Waals surface area contributed by atoms with E-state index in [1.807, 2.05) is 55.4 Å². The van der Waals surface area contributed by atoms with Gasteiger partial charge >= 0.3 is 5.97 Å². The number of ketones is 4. The number of nitrogens with one attached hydrogen (secondary N) is 8. The number of unbranched alkanes of at least 4 members (excludes halogenated alkanes) is 4. The van der Waals surface area contributed by atoms with E-state index in [4.69, 9.17) is 5.11 Å². The largest absolute Gasteiger partial charge is 0.481 e. The van der Waals surface area contributed by atoms with Crippen LogP contribution in [0.15, 0.2) is 36.5 Å². The summed E-state index contributed by atoms with van der Waals surface area (Å²) in [7, 11) is 4.98. The van der Waals surface area contributed by atoms with E-state index in [9.17, 15) is 57.5 Å². The van der Waals surface area contributed by atoms with E-state index in [-0.39, 0.29) is 98.6 Å². The van der Waals surface area contributed by atoms with Gasteiger partial charge in [-0.2, -0.15) is 0 Å². The molecule has 3 heterocycles. The molecule has 3 aliphatic rings. The highest BCUT2D eigenvalue weighted by atomic mass is 31.0. The molecule has 504 valence electrons. The third-order valence-electron chi connectivity index (χ3n) is 13.8. The summed E-state index contributed by atoms with van der Waals surface area (Å²) in [4.78, 5) is 139. The molecule has 0 bridgehead atoms. The van der Waals surface area contributed by atoms with Gasteiger partial charge < -0.3 is 47.2 Å². The average molecular weight is 1280 g/mol. The zero-order valence-electron chi connectivity index (χ0n) is 53.5. The molecule has 0 radical (unpaired) electrons. The minimum atomic E-state index is -1.03. The number of aliphatic carboxylic acids is 1. The fourth-order valence-corrected chi connectivity index (χ4v) is 9.29. The summed E-state index contributed by atoms with van der Waals surface area (Å²) in [6.45, 7) is 23.7. The van der Waals surface area contributed by atoms with Crippen LogP contribution in [-0.2, 0) is 57.5 Å². The Hall–Kier alpha value is -5.16.